The number of nitrogens with zero attached hydrogens (tertiary/aromatic N) is 3. The van der Waals surface area contributed by atoms with Crippen LogP contribution in [0.5, 0.6) is 0 Å². The van der Waals surface area contributed by atoms with E-state index in [1.54, 1.807) is 18.2 Å². The fraction of sp³-hybridized carbons (Fsp3) is 0.150. The van der Waals surface area contributed by atoms with E-state index < -0.39 is 36.1 Å². The summed E-state index contributed by atoms with van der Waals surface area (Å²) < 4.78 is 20.7. The van der Waals surface area contributed by atoms with E-state index in [1.165, 1.54) is 35.9 Å². The Morgan fingerprint density at radius 3 is 2.33 bits per heavy atom. The van der Waals surface area contributed by atoms with E-state index >= 15 is 0 Å². The first-order valence-electron chi connectivity index (χ1n) is 8.78. The topological polar surface area (TPSA) is 98.0 Å². The quantitative estimate of drug-likeness (QED) is 0.467. The predicted molar refractivity (Wildman–Crippen MR) is 104 cm³/mol. The molecule has 0 aliphatic carbocycles. The highest BCUT2D eigenvalue weighted by atomic mass is 32.1. The summed E-state index contributed by atoms with van der Waals surface area (Å²) in [5.41, 5.74) is 0.556. The van der Waals surface area contributed by atoms with E-state index in [9.17, 15) is 23.6 Å². The molecule has 3 aromatic rings. The van der Waals surface area contributed by atoms with Crippen molar-refractivity contribution in [1.29, 1.82) is 0 Å². The van der Waals surface area contributed by atoms with Crippen molar-refractivity contribution in [2.75, 3.05) is 13.7 Å². The lowest BCUT2D eigenvalue weighted by atomic mass is 10.1. The number of hydrogen-bond donors (Lipinski definition) is 0. The molecule has 1 aromatic heterocycles. The number of aromatic nitrogens is 1. The van der Waals surface area contributed by atoms with Crippen LogP contribution in [0.4, 0.5) is 4.39 Å². The summed E-state index contributed by atoms with van der Waals surface area (Å²) >= 11 is 1.01. The molecule has 4 rings (SSSR count). The minimum absolute atomic E-state index is 0.0575. The van der Waals surface area contributed by atoms with Gasteiger partial charge in [0.1, 0.15) is 18.9 Å². The minimum atomic E-state index is -0.782. The van der Waals surface area contributed by atoms with Gasteiger partial charge < -0.3 is 9.30 Å². The number of hydrogen-bond acceptors (Lipinski definition) is 6. The van der Waals surface area contributed by atoms with Crippen LogP contribution in [0.3, 0.4) is 0 Å². The zero-order chi connectivity index (χ0) is 21.4. The maximum Gasteiger partial charge on any atom is 0.325 e. The number of para-hydroxylation sites is 1. The Labute approximate surface area is 172 Å². The van der Waals surface area contributed by atoms with Gasteiger partial charge in [-0.3, -0.25) is 24.1 Å². The third-order valence-electron chi connectivity index (χ3n) is 4.56. The lowest BCUT2D eigenvalue weighted by Gasteiger charge is -2.10. The molecule has 0 unspecified atom stereocenters. The largest absolute Gasteiger partial charge is 0.468 e. The Balaban J connectivity index is 1.70. The second-order valence-electron chi connectivity index (χ2n) is 6.38. The van der Waals surface area contributed by atoms with Gasteiger partial charge in [-0.05, 0) is 24.3 Å². The zero-order valence-electron chi connectivity index (χ0n) is 15.6. The maximum atomic E-state index is 14.3. The summed E-state index contributed by atoms with van der Waals surface area (Å²) in [6.45, 7) is -0.919. The van der Waals surface area contributed by atoms with Gasteiger partial charge in [0.25, 0.3) is 17.7 Å². The van der Waals surface area contributed by atoms with Gasteiger partial charge in [-0.1, -0.05) is 29.5 Å². The third-order valence-corrected chi connectivity index (χ3v) is 5.60. The summed E-state index contributed by atoms with van der Waals surface area (Å²) in [4.78, 5) is 54.0. The van der Waals surface area contributed by atoms with Crippen LogP contribution in [0.25, 0.3) is 10.2 Å². The minimum Gasteiger partial charge on any atom is -0.468 e. The smallest absolute Gasteiger partial charge is 0.325 e. The first-order chi connectivity index (χ1) is 14.4. The average Bonchev–Trinajstić information content (AvgIpc) is 3.19. The third kappa shape index (κ3) is 3.30. The van der Waals surface area contributed by atoms with Crippen molar-refractivity contribution in [3.63, 3.8) is 0 Å². The monoisotopic (exact) mass is 427 g/mol. The molecular weight excluding hydrogens is 413 g/mol. The van der Waals surface area contributed by atoms with E-state index in [1.807, 2.05) is 0 Å². The Morgan fingerprint density at radius 1 is 1.03 bits per heavy atom. The molecular formula is C20H14FN3O5S. The van der Waals surface area contributed by atoms with Crippen molar-refractivity contribution >= 4 is 45.2 Å². The molecule has 8 nitrogen and oxygen atoms in total. The number of carbonyl (C=O) groups is 4. The molecule has 0 saturated carbocycles. The number of benzene rings is 2. The van der Waals surface area contributed by atoms with Crippen LogP contribution < -0.4 is 4.80 Å². The molecule has 1 aliphatic heterocycles. The van der Waals surface area contributed by atoms with E-state index in [4.69, 9.17) is 0 Å². The van der Waals surface area contributed by atoms with Crippen molar-refractivity contribution in [3.8, 4) is 0 Å². The Morgan fingerprint density at radius 2 is 1.70 bits per heavy atom. The number of fused-ring (bicyclic) bond motifs is 2. The molecule has 10 heteroatoms. The Bertz CT molecular complexity index is 1260. The highest BCUT2D eigenvalue weighted by molar-refractivity contribution is 7.16. The Hall–Kier alpha value is -3.66. The molecule has 0 spiro atoms. The lowest BCUT2D eigenvalue weighted by Crippen LogP contribution is -2.35. The highest BCUT2D eigenvalue weighted by Crippen LogP contribution is 2.23. The van der Waals surface area contributed by atoms with E-state index in [0.717, 1.165) is 16.2 Å². The maximum absolute atomic E-state index is 14.3. The number of esters is 1. The van der Waals surface area contributed by atoms with Crippen molar-refractivity contribution in [1.82, 2.24) is 9.47 Å². The number of halogens is 1. The van der Waals surface area contributed by atoms with Crippen molar-refractivity contribution in [2.45, 2.75) is 6.54 Å². The van der Waals surface area contributed by atoms with Gasteiger partial charge in [-0.2, -0.15) is 4.99 Å². The highest BCUT2D eigenvalue weighted by Gasteiger charge is 2.36. The molecule has 2 heterocycles. The molecule has 0 saturated heterocycles. The number of methoxy groups -OCH3 is 1. The summed E-state index contributed by atoms with van der Waals surface area (Å²) in [5, 5.41) is 0. The molecule has 0 radical (unpaired) electrons. The lowest BCUT2D eigenvalue weighted by molar-refractivity contribution is -0.141. The molecule has 2 aromatic carbocycles. The van der Waals surface area contributed by atoms with Gasteiger partial charge >= 0.3 is 5.97 Å². The fourth-order valence-electron chi connectivity index (χ4n) is 3.17. The van der Waals surface area contributed by atoms with E-state index in [0.29, 0.717) is 4.70 Å². The second-order valence-corrected chi connectivity index (χ2v) is 7.39. The SMILES string of the molecule is COC(=O)Cn1c(=NC(=O)CN2C(=O)c3ccccc3C2=O)sc2cccc(F)c21. The number of thiazole rings is 1. The molecule has 0 bridgehead atoms. The normalized spacial score (nSPS) is 13.8. The second kappa shape index (κ2) is 7.64. The van der Waals surface area contributed by atoms with Crippen molar-refractivity contribution in [3.05, 3.63) is 64.2 Å². The van der Waals surface area contributed by atoms with Crippen LogP contribution in [0.2, 0.25) is 0 Å². The van der Waals surface area contributed by atoms with Gasteiger partial charge in [0, 0.05) is 0 Å². The molecule has 30 heavy (non-hydrogen) atoms. The van der Waals surface area contributed by atoms with E-state index in [2.05, 4.69) is 9.73 Å². The van der Waals surface area contributed by atoms with Gasteiger partial charge in [0.15, 0.2) is 4.80 Å². The number of imide groups is 1. The number of rotatable bonds is 4. The summed E-state index contributed by atoms with van der Waals surface area (Å²) in [5.74, 6) is -3.17. The van der Waals surface area contributed by atoms with Crippen LogP contribution in [0, 0.1) is 5.82 Å². The van der Waals surface area contributed by atoms with Gasteiger partial charge in [0.05, 0.1) is 28.5 Å². The predicted octanol–water partition coefficient (Wildman–Crippen LogP) is 1.74. The van der Waals surface area contributed by atoms with Crippen LogP contribution in [0.1, 0.15) is 20.7 Å². The van der Waals surface area contributed by atoms with Crippen molar-refractivity contribution < 1.29 is 28.3 Å². The molecule has 1 aliphatic rings. The van der Waals surface area contributed by atoms with Gasteiger partial charge in [-0.25, -0.2) is 4.39 Å². The first kappa shape index (κ1) is 19.6. The molecule has 152 valence electrons. The van der Waals surface area contributed by atoms with Crippen LogP contribution in [-0.2, 0) is 20.9 Å². The van der Waals surface area contributed by atoms with Gasteiger partial charge in [-0.15, -0.1) is 0 Å². The van der Waals surface area contributed by atoms with Gasteiger partial charge in [0.2, 0.25) is 0 Å². The molecule has 0 fully saturated rings. The number of carbonyl (C=O) groups excluding carboxylic acids is 4. The first-order valence-corrected chi connectivity index (χ1v) is 9.60. The standard InChI is InChI=1S/C20H14FN3O5S/c1-29-16(26)10-23-17-13(21)7-4-8-14(17)30-20(23)22-15(25)9-24-18(27)11-5-2-3-6-12(11)19(24)28/h2-8H,9-10H2,1H3. The summed E-state index contributed by atoms with van der Waals surface area (Å²) in [6, 6.07) is 10.6. The summed E-state index contributed by atoms with van der Waals surface area (Å²) in [6.07, 6.45) is 0. The molecule has 0 atom stereocenters. The fourth-order valence-corrected chi connectivity index (χ4v) is 4.23. The number of amides is 3. The zero-order valence-corrected chi connectivity index (χ0v) is 16.4. The Kier molecular flexibility index (Phi) is 5.00. The summed E-state index contributed by atoms with van der Waals surface area (Å²) in [7, 11) is 1.19. The van der Waals surface area contributed by atoms with Crippen LogP contribution in [0.15, 0.2) is 47.5 Å². The van der Waals surface area contributed by atoms with Crippen LogP contribution >= 0.6 is 11.3 Å². The molecule has 0 N–H and O–H groups in total. The van der Waals surface area contributed by atoms with Crippen molar-refractivity contribution in [2.24, 2.45) is 4.99 Å². The van der Waals surface area contributed by atoms with E-state index in [-0.39, 0.29) is 28.0 Å². The average molecular weight is 427 g/mol. The van der Waals surface area contributed by atoms with Crippen LogP contribution in [-0.4, -0.2) is 46.8 Å². The molecule has 3 amide bonds. The number of ether oxygens (including phenoxy) is 1.